The van der Waals surface area contributed by atoms with Gasteiger partial charge in [0.15, 0.2) is 5.13 Å². The topological polar surface area (TPSA) is 74.3 Å². The van der Waals surface area contributed by atoms with E-state index in [4.69, 9.17) is 0 Å². The Morgan fingerprint density at radius 1 is 1.27 bits per heavy atom. The highest BCUT2D eigenvalue weighted by atomic mass is 32.1. The molecule has 2 N–H and O–H groups in total. The maximum absolute atomic E-state index is 12.9. The SMILES string of the molecule is CC[C@@H]1CN(C(=O)Nc2cccc(C(F)(F)F)c2)CC[C@H]1CC(=O)Nc1nccs1. The minimum Gasteiger partial charge on any atom is -0.324 e. The van der Waals surface area contributed by atoms with E-state index < -0.39 is 17.8 Å². The fourth-order valence-electron chi connectivity index (χ4n) is 3.67. The molecule has 0 bridgehead atoms. The first-order chi connectivity index (χ1) is 14.3. The number of halogens is 3. The Morgan fingerprint density at radius 3 is 2.73 bits per heavy atom. The van der Waals surface area contributed by atoms with Crippen LogP contribution in [0.1, 0.15) is 31.7 Å². The van der Waals surface area contributed by atoms with Crippen molar-refractivity contribution in [2.24, 2.45) is 11.8 Å². The fourth-order valence-corrected chi connectivity index (χ4v) is 4.21. The summed E-state index contributed by atoms with van der Waals surface area (Å²) in [6.45, 7) is 2.90. The monoisotopic (exact) mass is 440 g/mol. The zero-order valence-corrected chi connectivity index (χ0v) is 17.2. The number of carbonyl (C=O) groups is 2. The second-order valence-electron chi connectivity index (χ2n) is 7.26. The first kappa shape index (κ1) is 22.1. The molecule has 0 unspecified atom stereocenters. The predicted octanol–water partition coefficient (Wildman–Crippen LogP) is 5.07. The number of hydrogen-bond acceptors (Lipinski definition) is 4. The number of aromatic nitrogens is 1. The molecule has 2 aromatic rings. The summed E-state index contributed by atoms with van der Waals surface area (Å²) < 4.78 is 38.6. The number of anilines is 2. The molecule has 0 radical (unpaired) electrons. The number of thiazole rings is 1. The van der Waals surface area contributed by atoms with Gasteiger partial charge in [0, 0.05) is 36.8 Å². The molecular weight excluding hydrogens is 417 g/mol. The quantitative estimate of drug-likeness (QED) is 0.682. The van der Waals surface area contributed by atoms with Crippen LogP contribution in [0.25, 0.3) is 0 Å². The Labute approximate surface area is 176 Å². The van der Waals surface area contributed by atoms with Crippen LogP contribution in [0.15, 0.2) is 35.8 Å². The third-order valence-electron chi connectivity index (χ3n) is 5.27. The molecule has 1 fully saturated rings. The lowest BCUT2D eigenvalue weighted by Gasteiger charge is -2.38. The molecule has 1 aromatic carbocycles. The van der Waals surface area contributed by atoms with Gasteiger partial charge < -0.3 is 15.5 Å². The Bertz CT molecular complexity index is 873. The maximum Gasteiger partial charge on any atom is 0.416 e. The van der Waals surface area contributed by atoms with Gasteiger partial charge in [-0.05, 0) is 36.5 Å². The Kier molecular flexibility index (Phi) is 6.96. The van der Waals surface area contributed by atoms with Gasteiger partial charge in [-0.2, -0.15) is 13.2 Å². The summed E-state index contributed by atoms with van der Waals surface area (Å²) >= 11 is 1.35. The molecule has 2 heterocycles. The van der Waals surface area contributed by atoms with Gasteiger partial charge >= 0.3 is 12.2 Å². The van der Waals surface area contributed by atoms with E-state index in [1.807, 2.05) is 6.92 Å². The van der Waals surface area contributed by atoms with Crippen LogP contribution in [0.5, 0.6) is 0 Å². The maximum atomic E-state index is 12.9. The number of rotatable bonds is 5. The summed E-state index contributed by atoms with van der Waals surface area (Å²) in [6.07, 6.45) is -1.05. The van der Waals surface area contributed by atoms with Gasteiger partial charge in [-0.3, -0.25) is 4.79 Å². The molecule has 1 aliphatic rings. The molecule has 0 aliphatic carbocycles. The molecule has 3 amide bonds. The fraction of sp³-hybridized carbons (Fsp3) is 0.450. The number of urea groups is 1. The highest BCUT2D eigenvalue weighted by Gasteiger charge is 2.33. The number of nitrogens with one attached hydrogen (secondary N) is 2. The molecule has 6 nitrogen and oxygen atoms in total. The van der Waals surface area contributed by atoms with Crippen molar-refractivity contribution in [3.63, 3.8) is 0 Å². The number of alkyl halides is 3. The predicted molar refractivity (Wildman–Crippen MR) is 109 cm³/mol. The average Bonchev–Trinajstić information content (AvgIpc) is 3.20. The van der Waals surface area contributed by atoms with Crippen molar-refractivity contribution in [2.45, 2.75) is 32.4 Å². The normalized spacial score (nSPS) is 19.4. The van der Waals surface area contributed by atoms with Crippen molar-refractivity contribution >= 4 is 34.1 Å². The summed E-state index contributed by atoms with van der Waals surface area (Å²) in [4.78, 5) is 30.5. The zero-order valence-electron chi connectivity index (χ0n) is 16.4. The van der Waals surface area contributed by atoms with Gasteiger partial charge in [0.2, 0.25) is 5.91 Å². The minimum atomic E-state index is -4.47. The van der Waals surface area contributed by atoms with Crippen LogP contribution in [-0.2, 0) is 11.0 Å². The molecule has 162 valence electrons. The minimum absolute atomic E-state index is 0.102. The first-order valence-corrected chi connectivity index (χ1v) is 10.6. The second kappa shape index (κ2) is 9.46. The molecule has 1 saturated heterocycles. The van der Waals surface area contributed by atoms with E-state index in [1.54, 1.807) is 16.5 Å². The summed E-state index contributed by atoms with van der Waals surface area (Å²) in [5.41, 5.74) is -0.704. The third-order valence-corrected chi connectivity index (χ3v) is 5.96. The second-order valence-corrected chi connectivity index (χ2v) is 8.16. The van der Waals surface area contributed by atoms with E-state index in [1.165, 1.54) is 23.5 Å². The van der Waals surface area contributed by atoms with Gasteiger partial charge in [0.25, 0.3) is 0 Å². The zero-order chi connectivity index (χ0) is 21.7. The van der Waals surface area contributed by atoms with E-state index in [2.05, 4.69) is 15.6 Å². The van der Waals surface area contributed by atoms with Crippen LogP contribution in [0.3, 0.4) is 0 Å². The molecule has 30 heavy (non-hydrogen) atoms. The number of likely N-dealkylation sites (tertiary alicyclic amines) is 1. The molecule has 3 rings (SSSR count). The van der Waals surface area contributed by atoms with Crippen molar-refractivity contribution in [3.05, 3.63) is 41.4 Å². The lowest BCUT2D eigenvalue weighted by atomic mass is 9.81. The highest BCUT2D eigenvalue weighted by Crippen LogP contribution is 2.32. The molecule has 1 aromatic heterocycles. The number of carbonyl (C=O) groups excluding carboxylic acids is 2. The number of piperidine rings is 1. The van der Waals surface area contributed by atoms with Gasteiger partial charge in [0.1, 0.15) is 0 Å². The van der Waals surface area contributed by atoms with Crippen LogP contribution >= 0.6 is 11.3 Å². The molecule has 0 saturated carbocycles. The molecule has 2 atom stereocenters. The Morgan fingerprint density at radius 2 is 2.07 bits per heavy atom. The van der Waals surface area contributed by atoms with Crippen LogP contribution in [-0.4, -0.2) is 34.9 Å². The first-order valence-electron chi connectivity index (χ1n) is 9.68. The lowest BCUT2D eigenvalue weighted by molar-refractivity contribution is -0.137. The molecule has 10 heteroatoms. The largest absolute Gasteiger partial charge is 0.416 e. The van der Waals surface area contributed by atoms with E-state index in [0.29, 0.717) is 31.1 Å². The third kappa shape index (κ3) is 5.71. The molecular formula is C20H23F3N4O2S. The number of nitrogens with zero attached hydrogens (tertiary/aromatic N) is 2. The summed E-state index contributed by atoms with van der Waals surface area (Å²) in [6, 6.07) is 4.15. The van der Waals surface area contributed by atoms with Crippen LogP contribution in [0.4, 0.5) is 28.8 Å². The smallest absolute Gasteiger partial charge is 0.324 e. The van der Waals surface area contributed by atoms with Gasteiger partial charge in [-0.25, -0.2) is 9.78 Å². The Hall–Kier alpha value is -2.62. The van der Waals surface area contributed by atoms with Crippen LogP contribution < -0.4 is 10.6 Å². The lowest BCUT2D eigenvalue weighted by Crippen LogP contribution is -2.46. The standard InChI is InChI=1S/C20H23F3N4O2S/c1-2-13-12-27(8-6-14(13)10-17(28)26-18-24-7-9-30-18)19(29)25-16-5-3-4-15(11-16)20(21,22)23/h3-5,7,9,11,13-14H,2,6,8,10,12H2,1H3,(H,25,29)(H,24,26,28)/t13-,14+/m1/s1. The molecule has 0 spiro atoms. The van der Waals surface area contributed by atoms with Crippen molar-refractivity contribution in [3.8, 4) is 0 Å². The van der Waals surface area contributed by atoms with Crippen molar-refractivity contribution in [1.82, 2.24) is 9.88 Å². The van der Waals surface area contributed by atoms with E-state index in [0.717, 1.165) is 18.6 Å². The van der Waals surface area contributed by atoms with E-state index >= 15 is 0 Å². The summed E-state index contributed by atoms with van der Waals surface area (Å²) in [5.74, 6) is 0.163. The number of hydrogen-bond donors (Lipinski definition) is 2. The average molecular weight is 440 g/mol. The Balaban J connectivity index is 1.56. The van der Waals surface area contributed by atoms with Crippen molar-refractivity contribution in [2.75, 3.05) is 23.7 Å². The van der Waals surface area contributed by atoms with Crippen LogP contribution in [0.2, 0.25) is 0 Å². The van der Waals surface area contributed by atoms with Gasteiger partial charge in [-0.1, -0.05) is 19.4 Å². The van der Waals surface area contributed by atoms with Crippen molar-refractivity contribution < 1.29 is 22.8 Å². The van der Waals surface area contributed by atoms with Crippen molar-refractivity contribution in [1.29, 1.82) is 0 Å². The van der Waals surface area contributed by atoms with Gasteiger partial charge in [-0.15, -0.1) is 11.3 Å². The van der Waals surface area contributed by atoms with Crippen LogP contribution in [0, 0.1) is 11.8 Å². The van der Waals surface area contributed by atoms with Gasteiger partial charge in [0.05, 0.1) is 5.56 Å². The summed E-state index contributed by atoms with van der Waals surface area (Å²) in [5, 5.41) is 7.68. The van der Waals surface area contributed by atoms with E-state index in [-0.39, 0.29) is 23.4 Å². The van der Waals surface area contributed by atoms with E-state index in [9.17, 15) is 22.8 Å². The summed E-state index contributed by atoms with van der Waals surface area (Å²) in [7, 11) is 0. The highest BCUT2D eigenvalue weighted by molar-refractivity contribution is 7.13. The number of amides is 3. The number of benzene rings is 1. The molecule has 1 aliphatic heterocycles.